The molecule has 28 heavy (non-hydrogen) atoms. The van der Waals surface area contributed by atoms with Crippen LogP contribution in [0.1, 0.15) is 51.0 Å². The number of benzene rings is 1. The highest BCUT2D eigenvalue weighted by molar-refractivity contribution is 5.81. The molecule has 3 N–H and O–H groups in total. The molecule has 3 rings (SSSR count). The Morgan fingerprint density at radius 2 is 2.04 bits per heavy atom. The standard InChI is InChI=1S/C22H34N4O2/c1-15-6-4-9-20(12-15)28-16(2)14-24-22(23-3)26-19-8-5-7-17(13-19)21(27)25-18-10-11-18/h4,6,9,12,16-19H,5,7-8,10-11,13-14H2,1-3H3,(H,25,27)(H2,23,24,26). The average Bonchev–Trinajstić information content (AvgIpc) is 3.49. The first-order valence-electron chi connectivity index (χ1n) is 10.5. The van der Waals surface area contributed by atoms with Crippen molar-refractivity contribution in [2.45, 2.75) is 70.6 Å². The number of ether oxygens (including phenoxy) is 1. The molecule has 1 amide bonds. The van der Waals surface area contributed by atoms with Crippen LogP contribution in [0.5, 0.6) is 5.75 Å². The summed E-state index contributed by atoms with van der Waals surface area (Å²) in [5, 5.41) is 9.99. The Morgan fingerprint density at radius 3 is 2.75 bits per heavy atom. The third kappa shape index (κ3) is 6.43. The summed E-state index contributed by atoms with van der Waals surface area (Å²) >= 11 is 0. The number of rotatable bonds is 7. The quantitative estimate of drug-likeness (QED) is 0.498. The van der Waals surface area contributed by atoms with Crippen LogP contribution < -0.4 is 20.7 Å². The van der Waals surface area contributed by atoms with Crippen molar-refractivity contribution >= 4 is 11.9 Å². The van der Waals surface area contributed by atoms with Gasteiger partial charge in [-0.05, 0) is 63.6 Å². The SMILES string of the molecule is CN=C(NCC(C)Oc1cccc(C)c1)NC1CCCC(C(=O)NC2CC2)C1. The maximum absolute atomic E-state index is 12.4. The maximum atomic E-state index is 12.4. The minimum atomic E-state index is 0.0174. The Kier molecular flexibility index (Phi) is 7.18. The van der Waals surface area contributed by atoms with Gasteiger partial charge in [0.1, 0.15) is 11.9 Å². The minimum Gasteiger partial charge on any atom is -0.489 e. The highest BCUT2D eigenvalue weighted by Gasteiger charge is 2.31. The van der Waals surface area contributed by atoms with Gasteiger partial charge in [-0.3, -0.25) is 9.79 Å². The van der Waals surface area contributed by atoms with Crippen molar-refractivity contribution in [3.05, 3.63) is 29.8 Å². The van der Waals surface area contributed by atoms with E-state index in [2.05, 4.69) is 33.9 Å². The zero-order chi connectivity index (χ0) is 19.9. The predicted molar refractivity (Wildman–Crippen MR) is 113 cm³/mol. The van der Waals surface area contributed by atoms with Gasteiger partial charge in [0.15, 0.2) is 5.96 Å². The molecule has 154 valence electrons. The zero-order valence-corrected chi connectivity index (χ0v) is 17.3. The summed E-state index contributed by atoms with van der Waals surface area (Å²) in [5.74, 6) is 2.01. The minimum absolute atomic E-state index is 0.0174. The van der Waals surface area contributed by atoms with Gasteiger partial charge < -0.3 is 20.7 Å². The second-order valence-electron chi connectivity index (χ2n) is 8.19. The van der Waals surface area contributed by atoms with E-state index < -0.39 is 0 Å². The van der Waals surface area contributed by atoms with Crippen molar-refractivity contribution in [2.24, 2.45) is 10.9 Å². The van der Waals surface area contributed by atoms with Gasteiger partial charge >= 0.3 is 0 Å². The smallest absolute Gasteiger partial charge is 0.223 e. The Morgan fingerprint density at radius 1 is 1.21 bits per heavy atom. The monoisotopic (exact) mass is 386 g/mol. The number of nitrogens with one attached hydrogen (secondary N) is 3. The molecule has 2 aliphatic rings. The summed E-state index contributed by atoms with van der Waals surface area (Å²) in [4.78, 5) is 16.7. The van der Waals surface area contributed by atoms with Crippen molar-refractivity contribution in [1.29, 1.82) is 0 Å². The normalized spacial score (nSPS) is 23.6. The van der Waals surface area contributed by atoms with Crippen molar-refractivity contribution in [2.75, 3.05) is 13.6 Å². The number of carbonyl (C=O) groups is 1. The summed E-state index contributed by atoms with van der Waals surface area (Å²) < 4.78 is 5.97. The number of amides is 1. The van der Waals surface area contributed by atoms with Gasteiger partial charge in [-0.2, -0.15) is 0 Å². The summed E-state index contributed by atoms with van der Waals surface area (Å²) in [6.45, 7) is 4.76. The van der Waals surface area contributed by atoms with Gasteiger partial charge in [-0.15, -0.1) is 0 Å². The number of carbonyl (C=O) groups excluding carboxylic acids is 1. The second kappa shape index (κ2) is 9.80. The van der Waals surface area contributed by atoms with Gasteiger partial charge in [0, 0.05) is 25.0 Å². The lowest BCUT2D eigenvalue weighted by Gasteiger charge is -2.30. The van der Waals surface area contributed by atoms with Crippen LogP contribution in [-0.4, -0.2) is 43.6 Å². The molecule has 0 saturated heterocycles. The molecular weight excluding hydrogens is 352 g/mol. The third-order valence-electron chi connectivity index (χ3n) is 5.42. The van der Waals surface area contributed by atoms with Gasteiger partial charge in [0.05, 0.1) is 6.54 Å². The van der Waals surface area contributed by atoms with Crippen molar-refractivity contribution in [3.8, 4) is 5.75 Å². The molecule has 3 unspecified atom stereocenters. The van der Waals surface area contributed by atoms with Crippen molar-refractivity contribution in [3.63, 3.8) is 0 Å². The van der Waals surface area contributed by atoms with Gasteiger partial charge in [-0.25, -0.2) is 0 Å². The first-order chi connectivity index (χ1) is 13.5. The van der Waals surface area contributed by atoms with E-state index in [1.807, 2.05) is 25.1 Å². The molecule has 1 aromatic rings. The second-order valence-corrected chi connectivity index (χ2v) is 8.19. The average molecular weight is 387 g/mol. The summed E-state index contributed by atoms with van der Waals surface area (Å²) in [7, 11) is 1.78. The van der Waals surface area contributed by atoms with Crippen LogP contribution in [-0.2, 0) is 4.79 Å². The molecule has 1 aromatic carbocycles. The van der Waals surface area contributed by atoms with E-state index in [1.165, 1.54) is 5.56 Å². The molecule has 2 fully saturated rings. The molecule has 0 bridgehead atoms. The largest absolute Gasteiger partial charge is 0.489 e. The highest BCUT2D eigenvalue weighted by atomic mass is 16.5. The van der Waals surface area contributed by atoms with E-state index in [4.69, 9.17) is 4.74 Å². The number of hydrogen-bond acceptors (Lipinski definition) is 3. The number of hydrogen-bond donors (Lipinski definition) is 3. The number of guanidine groups is 1. The summed E-state index contributed by atoms with van der Waals surface area (Å²) in [6.07, 6.45) is 6.30. The molecule has 2 aliphatic carbocycles. The molecule has 0 aromatic heterocycles. The van der Waals surface area contributed by atoms with Gasteiger partial charge in [0.2, 0.25) is 5.91 Å². The topological polar surface area (TPSA) is 74.8 Å². The third-order valence-corrected chi connectivity index (χ3v) is 5.42. The van der Waals surface area contributed by atoms with Crippen LogP contribution in [0.25, 0.3) is 0 Å². The van der Waals surface area contributed by atoms with Crippen LogP contribution in [0.3, 0.4) is 0 Å². The first-order valence-corrected chi connectivity index (χ1v) is 10.5. The summed E-state index contributed by atoms with van der Waals surface area (Å²) in [5.41, 5.74) is 1.19. The highest BCUT2D eigenvalue weighted by Crippen LogP contribution is 2.26. The fraction of sp³-hybridized carbons (Fsp3) is 0.636. The Bertz CT molecular complexity index is 687. The Balaban J connectivity index is 1.42. The summed E-state index contributed by atoms with van der Waals surface area (Å²) in [6, 6.07) is 8.80. The molecule has 3 atom stereocenters. The fourth-order valence-electron chi connectivity index (χ4n) is 3.70. The molecule has 0 spiro atoms. The lowest BCUT2D eigenvalue weighted by molar-refractivity contribution is -0.126. The molecular formula is C22H34N4O2. The van der Waals surface area contributed by atoms with E-state index in [9.17, 15) is 4.79 Å². The first kappa shape index (κ1) is 20.5. The molecule has 6 heteroatoms. The Labute approximate surface area is 168 Å². The number of aliphatic imine (C=N–C) groups is 1. The van der Waals surface area contributed by atoms with Crippen molar-refractivity contribution in [1.82, 2.24) is 16.0 Å². The fourth-order valence-corrected chi connectivity index (χ4v) is 3.70. The van der Waals surface area contributed by atoms with Crippen LogP contribution in [0.2, 0.25) is 0 Å². The number of aryl methyl sites for hydroxylation is 1. The van der Waals surface area contributed by atoms with Crippen LogP contribution in [0, 0.1) is 12.8 Å². The van der Waals surface area contributed by atoms with Crippen LogP contribution >= 0.6 is 0 Å². The molecule has 0 radical (unpaired) electrons. The Hall–Kier alpha value is -2.24. The lowest BCUT2D eigenvalue weighted by Crippen LogP contribution is -2.48. The van der Waals surface area contributed by atoms with Crippen molar-refractivity contribution < 1.29 is 9.53 Å². The van der Waals surface area contributed by atoms with Gasteiger partial charge in [0.25, 0.3) is 0 Å². The van der Waals surface area contributed by atoms with Crippen LogP contribution in [0.4, 0.5) is 0 Å². The van der Waals surface area contributed by atoms with E-state index in [0.29, 0.717) is 12.6 Å². The number of nitrogens with zero attached hydrogens (tertiary/aromatic N) is 1. The molecule has 0 heterocycles. The molecule has 6 nitrogen and oxygen atoms in total. The molecule has 2 saturated carbocycles. The van der Waals surface area contributed by atoms with E-state index in [-0.39, 0.29) is 24.0 Å². The van der Waals surface area contributed by atoms with E-state index >= 15 is 0 Å². The maximum Gasteiger partial charge on any atom is 0.223 e. The van der Waals surface area contributed by atoms with Gasteiger partial charge in [-0.1, -0.05) is 18.6 Å². The molecule has 0 aliphatic heterocycles. The lowest BCUT2D eigenvalue weighted by atomic mass is 9.85. The van der Waals surface area contributed by atoms with E-state index in [0.717, 1.165) is 50.2 Å². The van der Waals surface area contributed by atoms with Crippen LogP contribution in [0.15, 0.2) is 29.3 Å². The van der Waals surface area contributed by atoms with E-state index in [1.54, 1.807) is 7.05 Å². The predicted octanol–water partition coefficient (Wildman–Crippen LogP) is 2.76. The zero-order valence-electron chi connectivity index (χ0n) is 17.3.